The van der Waals surface area contributed by atoms with E-state index in [9.17, 15) is 4.79 Å². The van der Waals surface area contributed by atoms with Gasteiger partial charge in [-0.1, -0.05) is 13.0 Å². The van der Waals surface area contributed by atoms with E-state index in [2.05, 4.69) is 34.8 Å². The minimum Gasteiger partial charge on any atom is -0.330 e. The number of nitrogens with two attached hydrogens (primary N) is 1. The summed E-state index contributed by atoms with van der Waals surface area (Å²) in [5.41, 5.74) is 6.36. The number of amides is 1. The molecule has 4 heteroatoms. The van der Waals surface area contributed by atoms with Crippen LogP contribution in [0.2, 0.25) is 0 Å². The summed E-state index contributed by atoms with van der Waals surface area (Å²) >= 11 is 2.22. The number of carbonyl (C=O) groups excluding carboxylic acids is 1. The SMILES string of the molecule is CC(CN)CCC(=O)Nc1cccc(I)c1. The molecule has 1 atom stereocenters. The Bertz CT molecular complexity index is 355. The van der Waals surface area contributed by atoms with Gasteiger partial charge in [-0.15, -0.1) is 0 Å². The third kappa shape index (κ3) is 4.94. The summed E-state index contributed by atoms with van der Waals surface area (Å²) in [5, 5.41) is 2.88. The summed E-state index contributed by atoms with van der Waals surface area (Å²) in [6, 6.07) is 7.77. The summed E-state index contributed by atoms with van der Waals surface area (Å²) < 4.78 is 1.12. The van der Waals surface area contributed by atoms with Crippen LogP contribution in [-0.2, 0) is 4.79 Å². The molecule has 1 aromatic carbocycles. The molecule has 1 amide bonds. The van der Waals surface area contributed by atoms with Gasteiger partial charge in [0.05, 0.1) is 0 Å². The Labute approximate surface area is 110 Å². The van der Waals surface area contributed by atoms with Gasteiger partial charge in [-0.3, -0.25) is 4.79 Å². The average Bonchev–Trinajstić information content (AvgIpc) is 2.26. The highest BCUT2D eigenvalue weighted by Gasteiger charge is 2.05. The number of nitrogens with one attached hydrogen (secondary N) is 1. The fourth-order valence-electron chi connectivity index (χ4n) is 1.29. The first kappa shape index (κ1) is 13.4. The van der Waals surface area contributed by atoms with Gasteiger partial charge in [0.25, 0.3) is 0 Å². The second-order valence-corrected chi connectivity index (χ2v) is 5.18. The molecule has 0 heterocycles. The van der Waals surface area contributed by atoms with Crippen LogP contribution in [0.5, 0.6) is 0 Å². The predicted molar refractivity (Wildman–Crippen MR) is 75.2 cm³/mol. The summed E-state index contributed by atoms with van der Waals surface area (Å²) in [7, 11) is 0. The lowest BCUT2D eigenvalue weighted by atomic mass is 10.1. The van der Waals surface area contributed by atoms with Gasteiger partial charge in [0.1, 0.15) is 0 Å². The van der Waals surface area contributed by atoms with Gasteiger partial charge in [-0.2, -0.15) is 0 Å². The molecule has 0 radical (unpaired) electrons. The van der Waals surface area contributed by atoms with Gasteiger partial charge in [0, 0.05) is 15.7 Å². The molecule has 1 aromatic rings. The van der Waals surface area contributed by atoms with Crippen molar-refractivity contribution in [1.29, 1.82) is 0 Å². The molecule has 0 aliphatic carbocycles. The second kappa shape index (κ2) is 6.85. The Morgan fingerprint density at radius 1 is 1.56 bits per heavy atom. The van der Waals surface area contributed by atoms with Crippen LogP contribution in [-0.4, -0.2) is 12.5 Å². The summed E-state index contributed by atoms with van der Waals surface area (Å²) in [4.78, 5) is 11.6. The molecule has 16 heavy (non-hydrogen) atoms. The van der Waals surface area contributed by atoms with E-state index < -0.39 is 0 Å². The van der Waals surface area contributed by atoms with Crippen LogP contribution < -0.4 is 11.1 Å². The first-order valence-electron chi connectivity index (χ1n) is 5.37. The van der Waals surface area contributed by atoms with Gasteiger partial charge in [0.15, 0.2) is 0 Å². The average molecular weight is 332 g/mol. The van der Waals surface area contributed by atoms with E-state index >= 15 is 0 Å². The topological polar surface area (TPSA) is 55.1 Å². The fraction of sp³-hybridized carbons (Fsp3) is 0.417. The third-order valence-corrected chi connectivity index (χ3v) is 3.05. The Balaban J connectivity index is 2.40. The van der Waals surface area contributed by atoms with Gasteiger partial charge < -0.3 is 11.1 Å². The van der Waals surface area contributed by atoms with Crippen molar-refractivity contribution in [2.24, 2.45) is 11.7 Å². The maximum absolute atomic E-state index is 11.6. The zero-order valence-electron chi connectivity index (χ0n) is 9.37. The summed E-state index contributed by atoms with van der Waals surface area (Å²) in [6.07, 6.45) is 1.37. The smallest absolute Gasteiger partial charge is 0.224 e. The Hall–Kier alpha value is -0.620. The van der Waals surface area contributed by atoms with Gasteiger partial charge in [0.2, 0.25) is 5.91 Å². The van der Waals surface area contributed by atoms with Crippen LogP contribution in [0.25, 0.3) is 0 Å². The van der Waals surface area contributed by atoms with E-state index in [0.717, 1.165) is 15.7 Å². The highest BCUT2D eigenvalue weighted by Crippen LogP contribution is 2.13. The van der Waals surface area contributed by atoms with Crippen molar-refractivity contribution in [2.45, 2.75) is 19.8 Å². The number of rotatable bonds is 5. The Morgan fingerprint density at radius 2 is 2.31 bits per heavy atom. The fourth-order valence-corrected chi connectivity index (χ4v) is 1.83. The highest BCUT2D eigenvalue weighted by molar-refractivity contribution is 14.1. The van der Waals surface area contributed by atoms with Crippen LogP contribution in [0.1, 0.15) is 19.8 Å². The minimum absolute atomic E-state index is 0.0577. The molecule has 0 saturated heterocycles. The lowest BCUT2D eigenvalue weighted by molar-refractivity contribution is -0.116. The molecule has 88 valence electrons. The normalized spacial score (nSPS) is 12.2. The maximum atomic E-state index is 11.6. The molecule has 3 N–H and O–H groups in total. The zero-order valence-corrected chi connectivity index (χ0v) is 11.5. The standard InChI is InChI=1S/C12H17IN2O/c1-9(8-14)5-6-12(16)15-11-4-2-3-10(13)7-11/h2-4,7,9H,5-6,8,14H2,1H3,(H,15,16). The molecule has 0 aliphatic rings. The lowest BCUT2D eigenvalue weighted by Gasteiger charge is -2.08. The summed E-state index contributed by atoms with van der Waals surface area (Å²) in [5.74, 6) is 0.462. The van der Waals surface area contributed by atoms with Crippen LogP contribution in [0.4, 0.5) is 5.69 Å². The van der Waals surface area contributed by atoms with Crippen LogP contribution >= 0.6 is 22.6 Å². The molecule has 0 fully saturated rings. The quantitative estimate of drug-likeness (QED) is 0.815. The molecule has 0 spiro atoms. The maximum Gasteiger partial charge on any atom is 0.224 e. The number of anilines is 1. The largest absolute Gasteiger partial charge is 0.330 e. The third-order valence-electron chi connectivity index (χ3n) is 2.37. The zero-order chi connectivity index (χ0) is 12.0. The van der Waals surface area contributed by atoms with Crippen molar-refractivity contribution in [3.8, 4) is 0 Å². The van der Waals surface area contributed by atoms with Crippen molar-refractivity contribution in [3.05, 3.63) is 27.8 Å². The van der Waals surface area contributed by atoms with Crippen molar-refractivity contribution in [1.82, 2.24) is 0 Å². The Kier molecular flexibility index (Phi) is 5.76. The van der Waals surface area contributed by atoms with E-state index in [1.165, 1.54) is 0 Å². The van der Waals surface area contributed by atoms with Crippen molar-refractivity contribution < 1.29 is 4.79 Å². The second-order valence-electron chi connectivity index (χ2n) is 3.94. The molecule has 3 nitrogen and oxygen atoms in total. The summed E-state index contributed by atoms with van der Waals surface area (Å²) in [6.45, 7) is 2.69. The first-order valence-corrected chi connectivity index (χ1v) is 6.45. The monoisotopic (exact) mass is 332 g/mol. The van der Waals surface area contributed by atoms with E-state index in [0.29, 0.717) is 18.9 Å². The molecule has 1 rings (SSSR count). The van der Waals surface area contributed by atoms with E-state index in [4.69, 9.17) is 5.73 Å². The number of hydrogen-bond donors (Lipinski definition) is 2. The van der Waals surface area contributed by atoms with E-state index in [1.807, 2.05) is 24.3 Å². The molecule has 0 aromatic heterocycles. The molecular weight excluding hydrogens is 315 g/mol. The van der Waals surface area contributed by atoms with Gasteiger partial charge >= 0.3 is 0 Å². The van der Waals surface area contributed by atoms with Crippen LogP contribution in [0.15, 0.2) is 24.3 Å². The number of halogens is 1. The van der Waals surface area contributed by atoms with Crippen LogP contribution in [0.3, 0.4) is 0 Å². The minimum atomic E-state index is 0.0577. The van der Waals surface area contributed by atoms with Crippen molar-refractivity contribution >= 4 is 34.2 Å². The van der Waals surface area contributed by atoms with Gasteiger partial charge in [-0.25, -0.2) is 0 Å². The van der Waals surface area contributed by atoms with Crippen molar-refractivity contribution in [2.75, 3.05) is 11.9 Å². The van der Waals surface area contributed by atoms with Crippen molar-refractivity contribution in [3.63, 3.8) is 0 Å². The predicted octanol–water partition coefficient (Wildman–Crippen LogP) is 2.60. The van der Waals surface area contributed by atoms with Gasteiger partial charge in [-0.05, 0) is 59.7 Å². The first-order chi connectivity index (χ1) is 7.61. The molecule has 0 bridgehead atoms. The number of carbonyl (C=O) groups is 1. The highest BCUT2D eigenvalue weighted by atomic mass is 127. The lowest BCUT2D eigenvalue weighted by Crippen LogP contribution is -2.16. The molecular formula is C12H17IN2O. The van der Waals surface area contributed by atoms with E-state index in [1.54, 1.807) is 0 Å². The number of hydrogen-bond acceptors (Lipinski definition) is 2. The molecule has 0 aliphatic heterocycles. The van der Waals surface area contributed by atoms with Crippen LogP contribution in [0, 0.1) is 9.49 Å². The number of benzene rings is 1. The molecule has 1 unspecified atom stereocenters. The molecule has 0 saturated carbocycles. The Morgan fingerprint density at radius 3 is 2.94 bits per heavy atom. The van der Waals surface area contributed by atoms with E-state index in [-0.39, 0.29) is 5.91 Å².